The number of para-hydroxylation sites is 2. The summed E-state index contributed by atoms with van der Waals surface area (Å²) in [5, 5.41) is 2.39. The summed E-state index contributed by atoms with van der Waals surface area (Å²) < 4.78 is 16.7. The fourth-order valence-electron chi connectivity index (χ4n) is 1.75. The van der Waals surface area contributed by atoms with Gasteiger partial charge in [0.1, 0.15) is 6.61 Å². The molecule has 1 unspecified atom stereocenters. The van der Waals surface area contributed by atoms with E-state index >= 15 is 0 Å². The summed E-state index contributed by atoms with van der Waals surface area (Å²) in [5.74, 6) is 1.41. The van der Waals surface area contributed by atoms with Crippen LogP contribution in [0.2, 0.25) is 0 Å². The van der Waals surface area contributed by atoms with Crippen molar-refractivity contribution in [3.8, 4) is 11.5 Å². The Morgan fingerprint density at radius 3 is 2.67 bits per heavy atom. The first-order chi connectivity index (χ1) is 8.73. The Bertz CT molecular complexity index is 380. The second-order valence-electron chi connectivity index (χ2n) is 4.08. The molecule has 1 atom stereocenters. The molecule has 18 heavy (non-hydrogen) atoms. The smallest absolute Gasteiger partial charge is 0.187 e. The summed E-state index contributed by atoms with van der Waals surface area (Å²) in [6.45, 7) is 4.82. The summed E-state index contributed by atoms with van der Waals surface area (Å²) in [6.07, 6.45) is 0. The Kier molecular flexibility index (Phi) is 4.69. The first kappa shape index (κ1) is 13.5. The van der Waals surface area contributed by atoms with Crippen molar-refractivity contribution >= 4 is 11.6 Å². The van der Waals surface area contributed by atoms with Gasteiger partial charge in [-0.05, 0) is 19.1 Å². The molecule has 1 aliphatic heterocycles. The number of hydrogen-bond acceptors (Lipinski definition) is 4. The van der Waals surface area contributed by atoms with Gasteiger partial charge in [0.25, 0.3) is 0 Å². The Balaban J connectivity index is 1.96. The van der Waals surface area contributed by atoms with Crippen LogP contribution in [-0.2, 0) is 4.74 Å². The number of nitrogens with one attached hydrogen (secondary N) is 1. The third-order valence-electron chi connectivity index (χ3n) is 2.62. The Labute approximate surface area is 112 Å². The van der Waals surface area contributed by atoms with Crippen molar-refractivity contribution in [2.45, 2.75) is 12.0 Å². The Hall–Kier alpha value is -0.970. The number of halogens is 1. The zero-order chi connectivity index (χ0) is 12.8. The van der Waals surface area contributed by atoms with E-state index in [1.165, 1.54) is 0 Å². The van der Waals surface area contributed by atoms with Gasteiger partial charge in [-0.25, -0.2) is 0 Å². The van der Waals surface area contributed by atoms with E-state index in [2.05, 4.69) is 5.32 Å². The van der Waals surface area contributed by atoms with E-state index in [1.807, 2.05) is 31.2 Å². The lowest BCUT2D eigenvalue weighted by atomic mass is 10.3. The van der Waals surface area contributed by atoms with Crippen LogP contribution in [-0.4, -0.2) is 38.0 Å². The summed E-state index contributed by atoms with van der Waals surface area (Å²) in [4.78, 5) is 0. The van der Waals surface area contributed by atoms with Crippen molar-refractivity contribution in [1.82, 2.24) is 5.32 Å². The van der Waals surface area contributed by atoms with Gasteiger partial charge in [-0.2, -0.15) is 0 Å². The van der Waals surface area contributed by atoms with Crippen LogP contribution >= 0.6 is 11.6 Å². The molecule has 1 fully saturated rings. The molecule has 1 heterocycles. The van der Waals surface area contributed by atoms with E-state index in [1.54, 1.807) is 0 Å². The van der Waals surface area contributed by atoms with Crippen LogP contribution in [0.3, 0.4) is 0 Å². The molecule has 5 heteroatoms. The maximum atomic E-state index is 6.30. The highest BCUT2D eigenvalue weighted by atomic mass is 35.5. The summed E-state index contributed by atoms with van der Waals surface area (Å²) in [7, 11) is 0. The van der Waals surface area contributed by atoms with Gasteiger partial charge in [-0.1, -0.05) is 23.7 Å². The van der Waals surface area contributed by atoms with Crippen LogP contribution in [0.25, 0.3) is 0 Å². The summed E-state index contributed by atoms with van der Waals surface area (Å²) >= 11 is 6.30. The van der Waals surface area contributed by atoms with Gasteiger partial charge >= 0.3 is 0 Å². The molecule has 4 nitrogen and oxygen atoms in total. The van der Waals surface area contributed by atoms with Gasteiger partial charge in [0.15, 0.2) is 16.6 Å². The predicted octanol–water partition coefficient (Wildman–Crippen LogP) is 2.02. The first-order valence-corrected chi connectivity index (χ1v) is 6.49. The molecular weight excluding hydrogens is 254 g/mol. The average molecular weight is 272 g/mol. The molecule has 2 rings (SSSR count). The monoisotopic (exact) mass is 271 g/mol. The third kappa shape index (κ3) is 3.51. The van der Waals surface area contributed by atoms with Crippen molar-refractivity contribution in [3.05, 3.63) is 24.3 Å². The van der Waals surface area contributed by atoms with Crippen LogP contribution < -0.4 is 14.8 Å². The summed E-state index contributed by atoms with van der Waals surface area (Å²) in [6, 6.07) is 7.55. The molecule has 0 aromatic heterocycles. The highest BCUT2D eigenvalue weighted by Crippen LogP contribution is 2.28. The third-order valence-corrected chi connectivity index (χ3v) is 2.97. The van der Waals surface area contributed by atoms with Crippen molar-refractivity contribution in [3.63, 3.8) is 0 Å². The van der Waals surface area contributed by atoms with E-state index in [0.717, 1.165) is 12.3 Å². The van der Waals surface area contributed by atoms with E-state index < -0.39 is 5.06 Å². The Morgan fingerprint density at radius 1 is 1.33 bits per heavy atom. The topological polar surface area (TPSA) is 39.7 Å². The lowest BCUT2D eigenvalue weighted by molar-refractivity contribution is -0.0319. The molecule has 1 aliphatic rings. The van der Waals surface area contributed by atoms with E-state index in [9.17, 15) is 0 Å². The fourth-order valence-corrected chi connectivity index (χ4v) is 1.98. The minimum absolute atomic E-state index is 0.283. The molecule has 0 saturated carbocycles. The number of hydrogen-bond donors (Lipinski definition) is 1. The average Bonchev–Trinajstić information content (AvgIpc) is 2.39. The zero-order valence-corrected chi connectivity index (χ0v) is 11.2. The number of alkyl halides is 1. The Morgan fingerprint density at radius 2 is 2.06 bits per heavy atom. The fraction of sp³-hybridized carbons (Fsp3) is 0.538. The van der Waals surface area contributed by atoms with Crippen LogP contribution in [0, 0.1) is 0 Å². The number of rotatable bonds is 5. The standard InChI is InChI=1S/C13H18ClNO3/c1-2-16-11-5-3-4-6-12(11)17-10-13(14)9-15-7-8-18-13/h3-6,15H,2,7-10H2,1H3. The molecule has 0 aliphatic carbocycles. The first-order valence-electron chi connectivity index (χ1n) is 6.12. The normalized spacial score (nSPS) is 23.7. The molecule has 1 N–H and O–H groups in total. The van der Waals surface area contributed by atoms with Gasteiger partial charge in [-0.15, -0.1) is 0 Å². The second-order valence-corrected chi connectivity index (χ2v) is 4.77. The number of morpholine rings is 1. The number of benzene rings is 1. The highest BCUT2D eigenvalue weighted by Gasteiger charge is 2.31. The largest absolute Gasteiger partial charge is 0.490 e. The predicted molar refractivity (Wildman–Crippen MR) is 70.5 cm³/mol. The van der Waals surface area contributed by atoms with Crippen LogP contribution in [0.5, 0.6) is 11.5 Å². The number of ether oxygens (including phenoxy) is 3. The lowest BCUT2D eigenvalue weighted by Gasteiger charge is -2.31. The van der Waals surface area contributed by atoms with Gasteiger partial charge in [0, 0.05) is 13.1 Å². The van der Waals surface area contributed by atoms with E-state index in [4.69, 9.17) is 25.8 Å². The molecule has 0 radical (unpaired) electrons. The van der Waals surface area contributed by atoms with Crippen LogP contribution in [0.4, 0.5) is 0 Å². The minimum atomic E-state index is -0.794. The van der Waals surface area contributed by atoms with Crippen molar-refractivity contribution in [2.24, 2.45) is 0 Å². The van der Waals surface area contributed by atoms with Crippen molar-refractivity contribution in [2.75, 3.05) is 32.9 Å². The molecule has 0 spiro atoms. The molecule has 0 bridgehead atoms. The maximum absolute atomic E-state index is 6.30. The van der Waals surface area contributed by atoms with Gasteiger partial charge in [0.05, 0.1) is 13.2 Å². The lowest BCUT2D eigenvalue weighted by Crippen LogP contribution is -2.49. The maximum Gasteiger partial charge on any atom is 0.187 e. The van der Waals surface area contributed by atoms with Crippen molar-refractivity contribution in [1.29, 1.82) is 0 Å². The van der Waals surface area contributed by atoms with Crippen LogP contribution in [0.1, 0.15) is 6.92 Å². The van der Waals surface area contributed by atoms with E-state index in [-0.39, 0.29) is 6.61 Å². The van der Waals surface area contributed by atoms with E-state index in [0.29, 0.717) is 25.5 Å². The molecular formula is C13H18ClNO3. The quantitative estimate of drug-likeness (QED) is 0.832. The SMILES string of the molecule is CCOc1ccccc1OCC1(Cl)CNCCO1. The second kappa shape index (κ2) is 6.27. The molecule has 100 valence electrons. The summed E-state index contributed by atoms with van der Waals surface area (Å²) in [5.41, 5.74) is 0. The van der Waals surface area contributed by atoms with Gasteiger partial charge in [-0.3, -0.25) is 0 Å². The highest BCUT2D eigenvalue weighted by molar-refractivity contribution is 6.23. The molecule has 1 aromatic carbocycles. The van der Waals surface area contributed by atoms with Crippen molar-refractivity contribution < 1.29 is 14.2 Å². The molecule has 1 aromatic rings. The van der Waals surface area contributed by atoms with Crippen LogP contribution in [0.15, 0.2) is 24.3 Å². The zero-order valence-electron chi connectivity index (χ0n) is 10.4. The molecule has 0 amide bonds. The van der Waals surface area contributed by atoms with Gasteiger partial charge < -0.3 is 19.5 Å². The molecule has 1 saturated heterocycles. The minimum Gasteiger partial charge on any atom is -0.490 e. The van der Waals surface area contributed by atoms with Gasteiger partial charge in [0.2, 0.25) is 0 Å².